The maximum atomic E-state index is 6.39. The van der Waals surface area contributed by atoms with Gasteiger partial charge < -0.3 is 4.42 Å². The van der Waals surface area contributed by atoms with E-state index in [1.165, 1.54) is 42.9 Å². The lowest BCUT2D eigenvalue weighted by molar-refractivity contribution is 0.370. The molecule has 3 aromatic heterocycles. The van der Waals surface area contributed by atoms with Gasteiger partial charge in [-0.05, 0) is 52.3 Å². The first kappa shape index (κ1) is 21.2. The summed E-state index contributed by atoms with van der Waals surface area (Å²) in [4.78, 5) is 5.94. The zero-order chi connectivity index (χ0) is 22.8. The van der Waals surface area contributed by atoms with E-state index in [1.54, 1.807) is 11.3 Å². The monoisotopic (exact) mass is 441 g/mol. The van der Waals surface area contributed by atoms with E-state index in [4.69, 9.17) is 9.40 Å². The number of hydrogen-bond donors (Lipinski definition) is 0. The number of hydrogen-bond acceptors (Lipinski definition) is 3. The van der Waals surface area contributed by atoms with Crippen molar-refractivity contribution in [3.63, 3.8) is 0 Å². The molecule has 0 saturated carbocycles. The van der Waals surface area contributed by atoms with Gasteiger partial charge in [0.15, 0.2) is 4.90 Å². The standard InChI is InChI=1S/C29H31NOS/c1-17-22(16-28(2,3)4)31-27-24(17)25-23(32-27)12-13-30-26(25)19-14-18-10-8-9-11-20(18)21(15-19)29(5,6)7/h8-15H,16H2,1-7H3. The first-order valence-electron chi connectivity index (χ1n) is 11.4. The SMILES string of the molecule is Cc1c(CC(C)(C)C)oc2sc3ccnc(-c4cc(C(C)(C)C)c5ccccc5c4)c3c12. The van der Waals surface area contributed by atoms with Crippen LogP contribution in [0.5, 0.6) is 0 Å². The van der Waals surface area contributed by atoms with E-state index >= 15 is 0 Å². The van der Waals surface area contributed by atoms with Crippen LogP contribution in [0.1, 0.15) is 58.4 Å². The Balaban J connectivity index is 1.81. The minimum absolute atomic E-state index is 0.0406. The largest absolute Gasteiger partial charge is 0.450 e. The Morgan fingerprint density at radius 1 is 0.938 bits per heavy atom. The number of rotatable bonds is 2. The Hall–Kier alpha value is -2.65. The number of aryl methyl sites for hydroxylation is 1. The average Bonchev–Trinajstić information content (AvgIpc) is 3.21. The van der Waals surface area contributed by atoms with Crippen LogP contribution in [0.2, 0.25) is 0 Å². The van der Waals surface area contributed by atoms with Crippen molar-refractivity contribution >= 4 is 42.5 Å². The van der Waals surface area contributed by atoms with Crippen LogP contribution in [0, 0.1) is 12.3 Å². The lowest BCUT2D eigenvalue weighted by Gasteiger charge is -2.23. The van der Waals surface area contributed by atoms with E-state index in [0.29, 0.717) is 0 Å². The van der Waals surface area contributed by atoms with Crippen LogP contribution in [-0.2, 0) is 11.8 Å². The van der Waals surface area contributed by atoms with Gasteiger partial charge >= 0.3 is 0 Å². The summed E-state index contributed by atoms with van der Waals surface area (Å²) in [6.45, 7) is 15.8. The summed E-state index contributed by atoms with van der Waals surface area (Å²) in [7, 11) is 0. The zero-order valence-corrected chi connectivity index (χ0v) is 20.9. The van der Waals surface area contributed by atoms with Crippen molar-refractivity contribution in [1.82, 2.24) is 4.98 Å². The molecule has 2 nitrogen and oxygen atoms in total. The molecule has 0 unspecified atom stereocenters. The summed E-state index contributed by atoms with van der Waals surface area (Å²) < 4.78 is 7.63. The molecule has 0 radical (unpaired) electrons. The summed E-state index contributed by atoms with van der Waals surface area (Å²) in [5, 5.41) is 5.04. The number of fused-ring (bicyclic) bond motifs is 4. The highest BCUT2D eigenvalue weighted by Gasteiger charge is 2.24. The molecular formula is C29H31NOS. The summed E-state index contributed by atoms with van der Waals surface area (Å²) in [5.41, 5.74) is 5.06. The van der Waals surface area contributed by atoms with Crippen LogP contribution in [0.15, 0.2) is 53.1 Å². The number of benzene rings is 2. The van der Waals surface area contributed by atoms with Crippen LogP contribution in [0.25, 0.3) is 42.4 Å². The van der Waals surface area contributed by atoms with Gasteiger partial charge in [-0.25, -0.2) is 0 Å². The van der Waals surface area contributed by atoms with Gasteiger partial charge in [-0.1, -0.05) is 77.1 Å². The molecule has 0 bridgehead atoms. The highest BCUT2D eigenvalue weighted by Crippen LogP contribution is 2.45. The van der Waals surface area contributed by atoms with Gasteiger partial charge in [-0.3, -0.25) is 4.98 Å². The molecule has 5 rings (SSSR count). The second kappa shape index (κ2) is 7.18. The van der Waals surface area contributed by atoms with Gasteiger partial charge in [0.05, 0.1) is 5.69 Å². The molecule has 0 aliphatic carbocycles. The molecule has 164 valence electrons. The van der Waals surface area contributed by atoms with Crippen molar-refractivity contribution in [2.24, 2.45) is 5.41 Å². The third-order valence-electron chi connectivity index (χ3n) is 6.21. The fourth-order valence-corrected chi connectivity index (χ4v) is 5.83. The molecule has 0 aliphatic heterocycles. The number of nitrogens with zero attached hydrogens (tertiary/aromatic N) is 1. The lowest BCUT2D eigenvalue weighted by Crippen LogP contribution is -2.12. The molecule has 0 amide bonds. The molecular weight excluding hydrogens is 410 g/mol. The van der Waals surface area contributed by atoms with Crippen LogP contribution in [-0.4, -0.2) is 4.98 Å². The highest BCUT2D eigenvalue weighted by atomic mass is 32.1. The predicted molar refractivity (Wildman–Crippen MR) is 139 cm³/mol. The molecule has 2 aromatic carbocycles. The van der Waals surface area contributed by atoms with E-state index < -0.39 is 0 Å². The quantitative estimate of drug-likeness (QED) is 0.273. The topological polar surface area (TPSA) is 26.0 Å². The summed E-state index contributed by atoms with van der Waals surface area (Å²) in [6, 6.07) is 15.4. The Bertz CT molecular complexity index is 1470. The van der Waals surface area contributed by atoms with Crippen LogP contribution >= 0.6 is 11.3 Å². The second-order valence-electron chi connectivity index (χ2n) is 11.2. The fourth-order valence-electron chi connectivity index (χ4n) is 4.70. The van der Waals surface area contributed by atoms with Gasteiger partial charge in [0.2, 0.25) is 0 Å². The lowest BCUT2D eigenvalue weighted by atomic mass is 9.82. The van der Waals surface area contributed by atoms with E-state index in [-0.39, 0.29) is 10.8 Å². The van der Waals surface area contributed by atoms with E-state index in [1.807, 2.05) is 6.20 Å². The van der Waals surface area contributed by atoms with Gasteiger partial charge in [0.1, 0.15) is 5.76 Å². The van der Waals surface area contributed by atoms with Gasteiger partial charge in [0.25, 0.3) is 0 Å². The van der Waals surface area contributed by atoms with Crippen LogP contribution in [0.4, 0.5) is 0 Å². The van der Waals surface area contributed by atoms with Crippen molar-refractivity contribution in [2.75, 3.05) is 0 Å². The van der Waals surface area contributed by atoms with Crippen molar-refractivity contribution in [3.05, 3.63) is 65.5 Å². The maximum Gasteiger partial charge on any atom is 0.189 e. The van der Waals surface area contributed by atoms with Crippen LogP contribution < -0.4 is 0 Å². The van der Waals surface area contributed by atoms with E-state index in [9.17, 15) is 0 Å². The second-order valence-corrected chi connectivity index (χ2v) is 12.2. The molecule has 0 N–H and O–H groups in total. The molecule has 3 heterocycles. The van der Waals surface area contributed by atoms with Crippen molar-refractivity contribution in [3.8, 4) is 11.3 Å². The number of aromatic nitrogens is 1. The van der Waals surface area contributed by atoms with Crippen molar-refractivity contribution in [1.29, 1.82) is 0 Å². The highest BCUT2D eigenvalue weighted by molar-refractivity contribution is 7.25. The Morgan fingerprint density at radius 3 is 2.41 bits per heavy atom. The first-order chi connectivity index (χ1) is 15.0. The molecule has 3 heteroatoms. The molecule has 0 saturated heterocycles. The van der Waals surface area contributed by atoms with Gasteiger partial charge in [0, 0.05) is 39.2 Å². The van der Waals surface area contributed by atoms with Gasteiger partial charge in [-0.15, -0.1) is 0 Å². The fraction of sp³-hybridized carbons (Fsp3) is 0.345. The van der Waals surface area contributed by atoms with E-state index in [0.717, 1.165) is 22.8 Å². The molecule has 5 aromatic rings. The number of furan rings is 1. The molecule has 0 fully saturated rings. The smallest absolute Gasteiger partial charge is 0.189 e. The molecule has 0 spiro atoms. The summed E-state index contributed by atoms with van der Waals surface area (Å²) in [5.74, 6) is 1.10. The molecule has 32 heavy (non-hydrogen) atoms. The van der Waals surface area contributed by atoms with Crippen molar-refractivity contribution in [2.45, 2.75) is 60.3 Å². The predicted octanol–water partition coefficient (Wildman–Crippen LogP) is 9.06. The normalized spacial score (nSPS) is 13.0. The zero-order valence-electron chi connectivity index (χ0n) is 20.1. The number of thiophene rings is 1. The van der Waals surface area contributed by atoms with Crippen molar-refractivity contribution < 1.29 is 4.42 Å². The maximum absolute atomic E-state index is 6.39. The third kappa shape index (κ3) is 3.53. The van der Waals surface area contributed by atoms with E-state index in [2.05, 4.69) is 90.9 Å². The summed E-state index contributed by atoms with van der Waals surface area (Å²) >= 11 is 1.74. The Labute approximate surface area is 194 Å². The number of pyridine rings is 1. The average molecular weight is 442 g/mol. The summed E-state index contributed by atoms with van der Waals surface area (Å²) in [6.07, 6.45) is 2.87. The molecule has 0 atom stereocenters. The van der Waals surface area contributed by atoms with Crippen LogP contribution in [0.3, 0.4) is 0 Å². The minimum Gasteiger partial charge on any atom is -0.450 e. The molecule has 0 aliphatic rings. The third-order valence-corrected chi connectivity index (χ3v) is 7.25. The Morgan fingerprint density at radius 2 is 1.69 bits per heavy atom. The van der Waals surface area contributed by atoms with Gasteiger partial charge in [-0.2, -0.15) is 0 Å². The minimum atomic E-state index is 0.0406. The first-order valence-corrected chi connectivity index (χ1v) is 12.2. The Kier molecular flexibility index (Phi) is 4.76.